The normalized spacial score (nSPS) is 9.56. The molecule has 0 fully saturated rings. The molecule has 84 valence electrons. The Labute approximate surface area is 90.5 Å². The second kappa shape index (κ2) is 4.39. The topological polar surface area (TPSA) is 119 Å². The largest absolute Gasteiger partial charge is 0.465 e. The minimum absolute atomic E-state index is 0.169. The number of nitrogens with two attached hydrogens (primary N) is 1. The molecule has 0 aliphatic rings. The molecule has 0 aliphatic heterocycles. The summed E-state index contributed by atoms with van der Waals surface area (Å²) in [4.78, 5) is 21.2. The van der Waals surface area contributed by atoms with Crippen LogP contribution >= 0.6 is 0 Å². The molecule has 1 rings (SSSR count). The van der Waals surface area contributed by atoms with Crippen LogP contribution in [0.3, 0.4) is 0 Å². The van der Waals surface area contributed by atoms with Gasteiger partial charge in [-0.2, -0.15) is 0 Å². The molecule has 0 amide bonds. The van der Waals surface area contributed by atoms with Crippen molar-refractivity contribution in [1.29, 1.82) is 5.41 Å². The summed E-state index contributed by atoms with van der Waals surface area (Å²) in [7, 11) is 1.13. The summed E-state index contributed by atoms with van der Waals surface area (Å²) in [6.07, 6.45) is 0. The number of hydrogen-bond acceptors (Lipinski definition) is 5. The molecule has 7 nitrogen and oxygen atoms in total. The molecule has 0 radical (unpaired) electrons. The summed E-state index contributed by atoms with van der Waals surface area (Å²) in [6, 6.07) is 3.62. The van der Waals surface area contributed by atoms with Gasteiger partial charge in [-0.3, -0.25) is 15.5 Å². The van der Waals surface area contributed by atoms with E-state index in [2.05, 4.69) is 4.74 Å². The van der Waals surface area contributed by atoms with Crippen LogP contribution in [-0.4, -0.2) is 23.8 Å². The highest BCUT2D eigenvalue weighted by Crippen LogP contribution is 2.20. The zero-order valence-electron chi connectivity index (χ0n) is 8.39. The summed E-state index contributed by atoms with van der Waals surface area (Å²) in [5, 5.41) is 17.8. The van der Waals surface area contributed by atoms with Gasteiger partial charge in [0.15, 0.2) is 0 Å². The van der Waals surface area contributed by atoms with Crippen LogP contribution in [0.2, 0.25) is 0 Å². The van der Waals surface area contributed by atoms with E-state index in [0.717, 1.165) is 13.2 Å². The third-order valence-corrected chi connectivity index (χ3v) is 1.91. The molecule has 0 heterocycles. The lowest BCUT2D eigenvalue weighted by molar-refractivity contribution is -0.385. The van der Waals surface area contributed by atoms with Crippen molar-refractivity contribution in [1.82, 2.24) is 0 Å². The first-order valence-corrected chi connectivity index (χ1v) is 4.18. The van der Waals surface area contributed by atoms with Gasteiger partial charge in [0.05, 0.1) is 12.0 Å². The van der Waals surface area contributed by atoms with Crippen molar-refractivity contribution in [2.75, 3.05) is 7.11 Å². The molecule has 0 atom stereocenters. The molecule has 0 saturated heterocycles. The number of nitro benzene ring substituents is 1. The van der Waals surface area contributed by atoms with Crippen molar-refractivity contribution in [2.45, 2.75) is 0 Å². The Kier molecular flexibility index (Phi) is 3.19. The first-order chi connectivity index (χ1) is 7.47. The summed E-state index contributed by atoms with van der Waals surface area (Å²) < 4.78 is 4.40. The average Bonchev–Trinajstić information content (AvgIpc) is 2.26. The maximum atomic E-state index is 11.2. The lowest BCUT2D eigenvalue weighted by Crippen LogP contribution is -2.13. The van der Waals surface area contributed by atoms with E-state index in [0.29, 0.717) is 0 Å². The molecular formula is C9H9N3O4. The maximum Gasteiger partial charge on any atom is 0.344 e. The number of nitrogens with one attached hydrogen (secondary N) is 1. The highest BCUT2D eigenvalue weighted by molar-refractivity contribution is 5.99. The Morgan fingerprint density at radius 3 is 2.62 bits per heavy atom. The number of nitro groups is 1. The smallest absolute Gasteiger partial charge is 0.344 e. The van der Waals surface area contributed by atoms with Gasteiger partial charge in [-0.25, -0.2) is 4.79 Å². The van der Waals surface area contributed by atoms with Crippen LogP contribution < -0.4 is 5.73 Å². The van der Waals surface area contributed by atoms with Crippen LogP contribution in [-0.2, 0) is 4.74 Å². The molecule has 0 spiro atoms. The van der Waals surface area contributed by atoms with Crippen molar-refractivity contribution >= 4 is 17.5 Å². The van der Waals surface area contributed by atoms with Crippen LogP contribution in [0.25, 0.3) is 0 Å². The second-order valence-corrected chi connectivity index (χ2v) is 2.89. The molecule has 0 bridgehead atoms. The van der Waals surface area contributed by atoms with Gasteiger partial charge in [-0.1, -0.05) is 0 Å². The van der Waals surface area contributed by atoms with E-state index in [-0.39, 0.29) is 17.0 Å². The van der Waals surface area contributed by atoms with Crippen LogP contribution in [0.15, 0.2) is 18.2 Å². The SMILES string of the molecule is COC(=O)c1ccc(C(=N)N)cc1[N+](=O)[O-]. The molecule has 1 aromatic rings. The number of hydrogen-bond donors (Lipinski definition) is 2. The van der Waals surface area contributed by atoms with Gasteiger partial charge in [-0.05, 0) is 12.1 Å². The first-order valence-electron chi connectivity index (χ1n) is 4.18. The Balaban J connectivity index is 3.36. The Hall–Kier alpha value is -2.44. The molecule has 0 aromatic heterocycles. The third-order valence-electron chi connectivity index (χ3n) is 1.91. The number of ether oxygens (including phenoxy) is 1. The van der Waals surface area contributed by atoms with Crippen molar-refractivity contribution < 1.29 is 14.5 Å². The van der Waals surface area contributed by atoms with E-state index in [4.69, 9.17) is 11.1 Å². The quantitative estimate of drug-likeness (QED) is 0.256. The molecule has 16 heavy (non-hydrogen) atoms. The minimum Gasteiger partial charge on any atom is -0.465 e. The number of carbonyl (C=O) groups is 1. The van der Waals surface area contributed by atoms with Crippen LogP contribution in [0, 0.1) is 15.5 Å². The van der Waals surface area contributed by atoms with Crippen LogP contribution in [0.1, 0.15) is 15.9 Å². The number of methoxy groups -OCH3 is 1. The van der Waals surface area contributed by atoms with Crippen molar-refractivity contribution in [3.8, 4) is 0 Å². The summed E-state index contributed by atoms with van der Waals surface area (Å²) >= 11 is 0. The standard InChI is InChI=1S/C9H9N3O4/c1-16-9(13)6-3-2-5(8(10)11)4-7(6)12(14)15/h2-4H,1H3,(H3,10,11). The summed E-state index contributed by atoms with van der Waals surface area (Å²) in [5.41, 5.74) is 4.77. The van der Waals surface area contributed by atoms with Gasteiger partial charge < -0.3 is 10.5 Å². The Morgan fingerprint density at radius 2 is 2.19 bits per heavy atom. The van der Waals surface area contributed by atoms with Gasteiger partial charge in [0, 0.05) is 11.6 Å². The zero-order chi connectivity index (χ0) is 12.3. The zero-order valence-corrected chi connectivity index (χ0v) is 8.39. The van der Waals surface area contributed by atoms with E-state index in [1.807, 2.05) is 0 Å². The summed E-state index contributed by atoms with van der Waals surface area (Å²) in [6.45, 7) is 0. The fourth-order valence-electron chi connectivity index (χ4n) is 1.13. The van der Waals surface area contributed by atoms with Gasteiger partial charge in [0.1, 0.15) is 11.4 Å². The fraction of sp³-hybridized carbons (Fsp3) is 0.111. The van der Waals surface area contributed by atoms with Crippen LogP contribution in [0.4, 0.5) is 5.69 Å². The van der Waals surface area contributed by atoms with E-state index in [9.17, 15) is 14.9 Å². The molecule has 0 aliphatic carbocycles. The average molecular weight is 223 g/mol. The highest BCUT2D eigenvalue weighted by Gasteiger charge is 2.21. The van der Waals surface area contributed by atoms with Gasteiger partial charge in [-0.15, -0.1) is 0 Å². The second-order valence-electron chi connectivity index (χ2n) is 2.89. The van der Waals surface area contributed by atoms with Gasteiger partial charge in [0.25, 0.3) is 5.69 Å². The van der Waals surface area contributed by atoms with E-state index < -0.39 is 16.6 Å². The Morgan fingerprint density at radius 1 is 1.56 bits per heavy atom. The van der Waals surface area contributed by atoms with Crippen molar-refractivity contribution in [3.63, 3.8) is 0 Å². The maximum absolute atomic E-state index is 11.2. The Bertz CT molecular complexity index is 470. The lowest BCUT2D eigenvalue weighted by atomic mass is 10.1. The van der Waals surface area contributed by atoms with E-state index in [1.165, 1.54) is 12.1 Å². The number of nitrogen functional groups attached to an aromatic ring is 1. The predicted molar refractivity (Wildman–Crippen MR) is 55.5 cm³/mol. The summed E-state index contributed by atoms with van der Waals surface area (Å²) in [5.74, 6) is -1.11. The minimum atomic E-state index is -0.804. The number of amidine groups is 1. The molecule has 3 N–H and O–H groups in total. The van der Waals surface area contributed by atoms with Gasteiger partial charge in [0.2, 0.25) is 0 Å². The first kappa shape index (κ1) is 11.6. The number of nitrogens with zero attached hydrogens (tertiary/aromatic N) is 1. The number of benzene rings is 1. The van der Waals surface area contributed by atoms with Gasteiger partial charge >= 0.3 is 5.97 Å². The number of rotatable bonds is 3. The van der Waals surface area contributed by atoms with E-state index in [1.54, 1.807) is 0 Å². The monoisotopic (exact) mass is 223 g/mol. The predicted octanol–water partition coefficient (Wildman–Crippen LogP) is 0.665. The highest BCUT2D eigenvalue weighted by atomic mass is 16.6. The molecule has 0 unspecified atom stereocenters. The third kappa shape index (κ3) is 2.14. The van der Waals surface area contributed by atoms with Crippen molar-refractivity contribution in [2.24, 2.45) is 5.73 Å². The number of esters is 1. The van der Waals surface area contributed by atoms with E-state index >= 15 is 0 Å². The lowest BCUT2D eigenvalue weighted by Gasteiger charge is -2.03. The number of carbonyl (C=O) groups excluding carboxylic acids is 1. The molecular weight excluding hydrogens is 214 g/mol. The van der Waals surface area contributed by atoms with Crippen molar-refractivity contribution in [3.05, 3.63) is 39.4 Å². The van der Waals surface area contributed by atoms with Crippen LogP contribution in [0.5, 0.6) is 0 Å². The molecule has 0 saturated carbocycles. The molecule has 1 aromatic carbocycles. The molecule has 7 heteroatoms. The fourth-order valence-corrected chi connectivity index (χ4v) is 1.13.